The van der Waals surface area contributed by atoms with Crippen molar-refractivity contribution in [1.82, 2.24) is 0 Å². The highest BCUT2D eigenvalue weighted by molar-refractivity contribution is 6.21. The summed E-state index contributed by atoms with van der Waals surface area (Å²) < 4.78 is 0. The van der Waals surface area contributed by atoms with Gasteiger partial charge in [0.15, 0.2) is 5.78 Å². The van der Waals surface area contributed by atoms with E-state index in [-0.39, 0.29) is 11.7 Å². The maximum absolute atomic E-state index is 11.7. The summed E-state index contributed by atoms with van der Waals surface area (Å²) in [5.41, 5.74) is 2.00. The molecule has 2 heteroatoms. The predicted molar refractivity (Wildman–Crippen MR) is 57.9 cm³/mol. The summed E-state index contributed by atoms with van der Waals surface area (Å²) in [6, 6.07) is 9.02. The lowest BCUT2D eigenvalue weighted by atomic mass is 10.00. The minimum atomic E-state index is 0.153. The van der Waals surface area contributed by atoms with Crippen LogP contribution in [0.25, 0.3) is 5.57 Å². The van der Waals surface area contributed by atoms with Crippen molar-refractivity contribution in [3.05, 3.63) is 42.0 Å². The van der Waals surface area contributed by atoms with Crippen molar-refractivity contribution in [2.75, 3.05) is 0 Å². The number of hydrogen-bond acceptors (Lipinski definition) is 2. The maximum atomic E-state index is 11.7. The molecule has 1 aromatic carbocycles. The van der Waals surface area contributed by atoms with E-state index in [4.69, 9.17) is 5.26 Å². The average Bonchev–Trinajstić information content (AvgIpc) is 3.11. The molecule has 0 radical (unpaired) electrons. The van der Waals surface area contributed by atoms with E-state index >= 15 is 0 Å². The number of allylic oxidation sites excluding steroid dienone is 1. The zero-order valence-electron chi connectivity index (χ0n) is 8.36. The molecule has 2 rings (SSSR count). The number of ketones is 1. The highest BCUT2D eigenvalue weighted by Crippen LogP contribution is 2.34. The first-order valence-corrected chi connectivity index (χ1v) is 4.96. The van der Waals surface area contributed by atoms with Crippen molar-refractivity contribution in [2.45, 2.75) is 12.8 Å². The van der Waals surface area contributed by atoms with E-state index in [0.717, 1.165) is 18.4 Å². The summed E-state index contributed by atoms with van der Waals surface area (Å²) in [7, 11) is 0. The molecule has 0 aliphatic heterocycles. The molecule has 0 atom stereocenters. The summed E-state index contributed by atoms with van der Waals surface area (Å²) in [6.07, 6.45) is 1.99. The van der Waals surface area contributed by atoms with E-state index < -0.39 is 0 Å². The molecule has 0 N–H and O–H groups in total. The van der Waals surface area contributed by atoms with Crippen LogP contribution in [0.3, 0.4) is 0 Å². The third-order valence-electron chi connectivity index (χ3n) is 2.61. The highest BCUT2D eigenvalue weighted by Gasteiger charge is 2.31. The van der Waals surface area contributed by atoms with E-state index in [1.54, 1.807) is 24.3 Å². The van der Waals surface area contributed by atoms with Crippen LogP contribution in [0.2, 0.25) is 0 Å². The first-order chi connectivity index (χ1) is 7.22. The Morgan fingerprint density at radius 2 is 1.93 bits per heavy atom. The van der Waals surface area contributed by atoms with Crippen molar-refractivity contribution < 1.29 is 4.79 Å². The van der Waals surface area contributed by atoms with Crippen LogP contribution in [-0.2, 0) is 4.79 Å². The second-order valence-corrected chi connectivity index (χ2v) is 3.81. The van der Waals surface area contributed by atoms with Crippen molar-refractivity contribution in [3.8, 4) is 6.07 Å². The smallest absolute Gasteiger partial charge is 0.165 e. The van der Waals surface area contributed by atoms with Gasteiger partial charge in [-0.15, -0.1) is 0 Å². The third-order valence-corrected chi connectivity index (χ3v) is 2.61. The van der Waals surface area contributed by atoms with Crippen molar-refractivity contribution in [1.29, 1.82) is 5.26 Å². The summed E-state index contributed by atoms with van der Waals surface area (Å²) in [5.74, 6) is 0.354. The van der Waals surface area contributed by atoms with Crippen LogP contribution in [0, 0.1) is 17.2 Å². The summed E-state index contributed by atoms with van der Waals surface area (Å²) in [4.78, 5) is 11.7. The van der Waals surface area contributed by atoms with Gasteiger partial charge in [0, 0.05) is 11.5 Å². The fraction of sp³-hybridized carbons (Fsp3) is 0.231. The molecular weight excluding hydrogens is 186 g/mol. The van der Waals surface area contributed by atoms with Gasteiger partial charge in [-0.2, -0.15) is 5.26 Å². The van der Waals surface area contributed by atoms with Crippen LogP contribution < -0.4 is 0 Å². The molecule has 0 amide bonds. The lowest BCUT2D eigenvalue weighted by Crippen LogP contribution is -2.02. The van der Waals surface area contributed by atoms with Gasteiger partial charge in [-0.3, -0.25) is 4.79 Å². The predicted octanol–water partition coefficient (Wildman–Crippen LogP) is 2.55. The van der Waals surface area contributed by atoms with Crippen LogP contribution in [0.1, 0.15) is 24.0 Å². The largest absolute Gasteiger partial charge is 0.294 e. The van der Waals surface area contributed by atoms with Crippen LogP contribution >= 0.6 is 0 Å². The Bertz CT molecular complexity index is 446. The van der Waals surface area contributed by atoms with Crippen molar-refractivity contribution in [3.63, 3.8) is 0 Å². The summed E-state index contributed by atoms with van der Waals surface area (Å²) in [5, 5.41) is 8.64. The molecule has 0 spiro atoms. The Morgan fingerprint density at radius 1 is 1.33 bits per heavy atom. The van der Waals surface area contributed by atoms with Gasteiger partial charge in [-0.1, -0.05) is 18.7 Å². The summed E-state index contributed by atoms with van der Waals surface area (Å²) >= 11 is 0. The zero-order chi connectivity index (χ0) is 10.8. The van der Waals surface area contributed by atoms with Gasteiger partial charge >= 0.3 is 0 Å². The zero-order valence-corrected chi connectivity index (χ0v) is 8.36. The van der Waals surface area contributed by atoms with Gasteiger partial charge in [-0.25, -0.2) is 0 Å². The van der Waals surface area contributed by atoms with Crippen LogP contribution in [0.4, 0.5) is 0 Å². The molecule has 2 nitrogen and oxygen atoms in total. The number of benzene rings is 1. The number of nitriles is 1. The van der Waals surface area contributed by atoms with Crippen LogP contribution in [0.15, 0.2) is 30.8 Å². The molecule has 1 aromatic rings. The molecule has 1 aliphatic rings. The molecule has 0 unspecified atom stereocenters. The van der Waals surface area contributed by atoms with Crippen LogP contribution in [0.5, 0.6) is 0 Å². The highest BCUT2D eigenvalue weighted by atomic mass is 16.1. The minimum Gasteiger partial charge on any atom is -0.294 e. The van der Waals surface area contributed by atoms with Gasteiger partial charge in [0.2, 0.25) is 0 Å². The van der Waals surface area contributed by atoms with Crippen LogP contribution in [-0.4, -0.2) is 5.78 Å². The number of rotatable bonds is 3. The third kappa shape index (κ3) is 1.97. The molecule has 0 aromatic heterocycles. The van der Waals surface area contributed by atoms with E-state index in [1.807, 2.05) is 6.07 Å². The number of carbonyl (C=O) groups excluding carboxylic acids is 1. The fourth-order valence-corrected chi connectivity index (χ4v) is 1.48. The lowest BCUT2D eigenvalue weighted by molar-refractivity contribution is -0.114. The SMILES string of the molecule is C=C(C(=O)C1CC1)c1ccc(C#N)cc1. The average molecular weight is 197 g/mol. The molecule has 0 heterocycles. The van der Waals surface area contributed by atoms with Gasteiger partial charge in [0.1, 0.15) is 0 Å². The lowest BCUT2D eigenvalue weighted by Gasteiger charge is -2.03. The minimum absolute atomic E-state index is 0.153. The van der Waals surface area contributed by atoms with E-state index in [2.05, 4.69) is 6.58 Å². The second kappa shape index (κ2) is 3.70. The summed E-state index contributed by atoms with van der Waals surface area (Å²) in [6.45, 7) is 3.81. The quantitative estimate of drug-likeness (QED) is 0.699. The Hall–Kier alpha value is -1.88. The van der Waals surface area contributed by atoms with E-state index in [0.29, 0.717) is 11.1 Å². The standard InChI is InChI=1S/C13H11NO/c1-9(13(15)12-6-7-12)11-4-2-10(8-14)3-5-11/h2-5,12H,1,6-7H2. The number of carbonyl (C=O) groups is 1. The fourth-order valence-electron chi connectivity index (χ4n) is 1.48. The monoisotopic (exact) mass is 197 g/mol. The Labute approximate surface area is 88.8 Å². The molecule has 1 fully saturated rings. The molecular formula is C13H11NO. The molecule has 15 heavy (non-hydrogen) atoms. The first-order valence-electron chi connectivity index (χ1n) is 4.96. The topological polar surface area (TPSA) is 40.9 Å². The molecule has 1 saturated carbocycles. The van der Waals surface area contributed by atoms with Crippen molar-refractivity contribution >= 4 is 11.4 Å². The van der Waals surface area contributed by atoms with Gasteiger partial charge in [0.25, 0.3) is 0 Å². The van der Waals surface area contributed by atoms with Gasteiger partial charge < -0.3 is 0 Å². The first kappa shape index (κ1) is 9.67. The number of hydrogen-bond donors (Lipinski definition) is 0. The maximum Gasteiger partial charge on any atom is 0.165 e. The molecule has 74 valence electrons. The second-order valence-electron chi connectivity index (χ2n) is 3.81. The number of nitrogens with zero attached hydrogens (tertiary/aromatic N) is 1. The van der Waals surface area contributed by atoms with E-state index in [9.17, 15) is 4.79 Å². The van der Waals surface area contributed by atoms with Crippen molar-refractivity contribution in [2.24, 2.45) is 5.92 Å². The van der Waals surface area contributed by atoms with Gasteiger partial charge in [0.05, 0.1) is 11.6 Å². The molecule has 1 aliphatic carbocycles. The Morgan fingerprint density at radius 3 is 2.40 bits per heavy atom. The molecule has 0 saturated heterocycles. The van der Waals surface area contributed by atoms with E-state index in [1.165, 1.54) is 0 Å². The number of Topliss-reactive ketones (excluding diaryl/α,β-unsaturated/α-hetero) is 1. The Balaban J connectivity index is 2.18. The van der Waals surface area contributed by atoms with Gasteiger partial charge in [-0.05, 0) is 30.5 Å². The molecule has 0 bridgehead atoms. The normalized spacial score (nSPS) is 14.3. The Kier molecular flexibility index (Phi) is 2.39.